The van der Waals surface area contributed by atoms with Crippen LogP contribution >= 0.6 is 0 Å². The van der Waals surface area contributed by atoms with Gasteiger partial charge in [-0.25, -0.2) is 29.3 Å². The van der Waals surface area contributed by atoms with Gasteiger partial charge in [0, 0.05) is 79.4 Å². The Labute approximate surface area is 231 Å². The van der Waals surface area contributed by atoms with Crippen LogP contribution in [0.4, 0.5) is 27.7 Å². The fraction of sp³-hybridized carbons (Fsp3) is 0.286. The lowest BCUT2D eigenvalue weighted by Gasteiger charge is -2.56. The third kappa shape index (κ3) is 5.52. The zero-order valence-corrected chi connectivity index (χ0v) is 22.3. The Bertz CT molecular complexity index is 1530. The molecule has 204 valence electrons. The van der Waals surface area contributed by atoms with Crippen LogP contribution in [-0.4, -0.2) is 66.4 Å². The SMILES string of the molecule is Cc1cc(Nc2cc(C)[nH]n2)nc(-c2ccc(N3CC4CC(C3)N4Cc3ccc(N=CC(F)=CN)nc3)nc2)n1. The van der Waals surface area contributed by atoms with Crippen molar-refractivity contribution in [3.63, 3.8) is 0 Å². The van der Waals surface area contributed by atoms with Crippen LogP contribution in [0.3, 0.4) is 0 Å². The first-order valence-corrected chi connectivity index (χ1v) is 13.1. The van der Waals surface area contributed by atoms with E-state index in [1.807, 2.05) is 50.4 Å². The number of hydrogen-bond donors (Lipinski definition) is 3. The maximum absolute atomic E-state index is 13.1. The molecular formula is C28H30FN11. The summed E-state index contributed by atoms with van der Waals surface area (Å²) in [5.74, 6) is 2.82. The van der Waals surface area contributed by atoms with Gasteiger partial charge in [0.2, 0.25) is 0 Å². The molecule has 2 unspecified atom stereocenters. The number of allylic oxidation sites excluding steroid dienone is 1. The Hall–Kier alpha value is -4.71. The van der Waals surface area contributed by atoms with Gasteiger partial charge in [-0.05, 0) is 44.0 Å². The quantitative estimate of drug-likeness (QED) is 0.284. The van der Waals surface area contributed by atoms with E-state index in [0.29, 0.717) is 35.4 Å². The number of aromatic amines is 1. The molecule has 40 heavy (non-hydrogen) atoms. The lowest BCUT2D eigenvalue weighted by atomic mass is 9.87. The number of hydrogen-bond acceptors (Lipinski definition) is 10. The molecular weight excluding hydrogens is 509 g/mol. The number of nitrogens with two attached hydrogens (primary N) is 1. The minimum Gasteiger partial charge on any atom is -0.402 e. The van der Waals surface area contributed by atoms with Gasteiger partial charge in [0.25, 0.3) is 0 Å². The molecule has 4 N–H and O–H groups in total. The first-order chi connectivity index (χ1) is 19.4. The number of halogens is 1. The minimum atomic E-state index is -0.598. The fourth-order valence-electron chi connectivity index (χ4n) is 5.18. The lowest BCUT2D eigenvalue weighted by Crippen LogP contribution is -2.68. The maximum atomic E-state index is 13.1. The minimum absolute atomic E-state index is 0.446. The van der Waals surface area contributed by atoms with Crippen LogP contribution in [0.2, 0.25) is 0 Å². The number of anilines is 3. The van der Waals surface area contributed by atoms with E-state index < -0.39 is 5.83 Å². The summed E-state index contributed by atoms with van der Waals surface area (Å²) in [6.07, 6.45) is 6.74. The molecule has 0 spiro atoms. The van der Waals surface area contributed by atoms with Crippen molar-refractivity contribution < 1.29 is 4.39 Å². The molecule has 7 rings (SSSR count). The normalized spacial score (nSPS) is 19.2. The Morgan fingerprint density at radius 3 is 2.62 bits per heavy atom. The summed E-state index contributed by atoms with van der Waals surface area (Å²) in [5.41, 5.74) is 8.91. The van der Waals surface area contributed by atoms with Crippen molar-refractivity contribution in [1.29, 1.82) is 0 Å². The molecule has 3 aliphatic heterocycles. The molecule has 0 saturated carbocycles. The predicted octanol–water partition coefficient (Wildman–Crippen LogP) is 3.95. The van der Waals surface area contributed by atoms with Crippen LogP contribution in [0.15, 0.2) is 65.8 Å². The number of aromatic nitrogens is 6. The highest BCUT2D eigenvalue weighted by molar-refractivity contribution is 5.77. The third-order valence-electron chi connectivity index (χ3n) is 7.14. The molecule has 3 saturated heterocycles. The average Bonchev–Trinajstić information content (AvgIpc) is 3.39. The van der Waals surface area contributed by atoms with Crippen LogP contribution in [0.25, 0.3) is 11.4 Å². The number of aryl methyl sites for hydroxylation is 2. The fourth-order valence-corrected chi connectivity index (χ4v) is 5.18. The number of nitrogens with one attached hydrogen (secondary N) is 2. The van der Waals surface area contributed by atoms with Crippen molar-refractivity contribution in [3.05, 3.63) is 77.8 Å². The van der Waals surface area contributed by atoms with Gasteiger partial charge in [-0.2, -0.15) is 5.10 Å². The Kier molecular flexibility index (Phi) is 6.91. The summed E-state index contributed by atoms with van der Waals surface area (Å²) in [5, 5.41) is 10.4. The highest BCUT2D eigenvalue weighted by atomic mass is 19.1. The van der Waals surface area contributed by atoms with Crippen molar-refractivity contribution in [1.82, 2.24) is 35.0 Å². The molecule has 7 heterocycles. The molecule has 2 bridgehead atoms. The largest absolute Gasteiger partial charge is 0.402 e. The molecule has 4 aromatic heterocycles. The van der Waals surface area contributed by atoms with Gasteiger partial charge in [-0.15, -0.1) is 0 Å². The number of pyridine rings is 2. The van der Waals surface area contributed by atoms with Gasteiger partial charge >= 0.3 is 0 Å². The van der Waals surface area contributed by atoms with E-state index >= 15 is 0 Å². The van der Waals surface area contributed by atoms with Crippen LogP contribution < -0.4 is 16.0 Å². The molecule has 11 nitrogen and oxygen atoms in total. The highest BCUT2D eigenvalue weighted by Crippen LogP contribution is 2.35. The number of nitrogens with zero attached hydrogens (tertiary/aromatic N) is 8. The maximum Gasteiger partial charge on any atom is 0.163 e. The predicted molar refractivity (Wildman–Crippen MR) is 152 cm³/mol. The average molecular weight is 540 g/mol. The van der Waals surface area contributed by atoms with Gasteiger partial charge in [-0.1, -0.05) is 6.07 Å². The van der Waals surface area contributed by atoms with E-state index in [4.69, 9.17) is 10.7 Å². The summed E-state index contributed by atoms with van der Waals surface area (Å²) >= 11 is 0. The molecule has 3 aliphatic rings. The molecule has 2 atom stereocenters. The first kappa shape index (κ1) is 25.6. The van der Waals surface area contributed by atoms with Gasteiger partial charge in [0.15, 0.2) is 23.3 Å². The van der Waals surface area contributed by atoms with Crippen LogP contribution in [-0.2, 0) is 6.54 Å². The second-order valence-electron chi connectivity index (χ2n) is 10.1. The number of piperazine rings is 1. The second-order valence-corrected chi connectivity index (χ2v) is 10.1. The summed E-state index contributed by atoms with van der Waals surface area (Å²) in [6.45, 7) is 6.55. The summed E-state index contributed by atoms with van der Waals surface area (Å²) in [6, 6.07) is 12.6. The second kappa shape index (κ2) is 10.8. The topological polar surface area (TPSA) is 137 Å². The molecule has 3 fully saturated rings. The first-order valence-electron chi connectivity index (χ1n) is 13.1. The monoisotopic (exact) mass is 539 g/mol. The Morgan fingerprint density at radius 2 is 1.95 bits per heavy atom. The number of piperidine rings is 1. The highest BCUT2D eigenvalue weighted by Gasteiger charge is 2.44. The molecule has 0 aromatic carbocycles. The molecule has 4 aromatic rings. The van der Waals surface area contributed by atoms with Gasteiger partial charge < -0.3 is 16.0 Å². The summed E-state index contributed by atoms with van der Waals surface area (Å²) in [4.78, 5) is 27.2. The molecule has 0 radical (unpaired) electrons. The van der Waals surface area contributed by atoms with E-state index in [1.165, 1.54) is 6.42 Å². The smallest absolute Gasteiger partial charge is 0.163 e. The van der Waals surface area contributed by atoms with Crippen LogP contribution in [0, 0.1) is 13.8 Å². The zero-order chi connectivity index (χ0) is 27.6. The molecule has 0 amide bonds. The summed E-state index contributed by atoms with van der Waals surface area (Å²) in [7, 11) is 0. The number of H-pyrrole nitrogens is 1. The van der Waals surface area contributed by atoms with Crippen molar-refractivity contribution in [3.8, 4) is 11.4 Å². The lowest BCUT2D eigenvalue weighted by molar-refractivity contribution is -0.00874. The molecule has 12 heteroatoms. The third-order valence-corrected chi connectivity index (χ3v) is 7.14. The van der Waals surface area contributed by atoms with E-state index in [2.05, 4.69) is 45.3 Å². The number of aliphatic imine (C=N–C) groups is 1. The van der Waals surface area contributed by atoms with Crippen LogP contribution in [0.1, 0.15) is 23.4 Å². The Balaban J connectivity index is 1.07. The zero-order valence-electron chi connectivity index (χ0n) is 22.3. The van der Waals surface area contributed by atoms with E-state index in [1.54, 1.807) is 12.3 Å². The van der Waals surface area contributed by atoms with E-state index in [9.17, 15) is 4.39 Å². The standard InChI is InChI=1S/C28H30FN11/c1-17-7-25(35-26-8-18(2)37-38-26)36-28(34-17)20-4-6-27(33-12-20)39-15-22-9-23(16-39)40(22)14-19-3-5-24(31-11-19)32-13-21(29)10-30/h3-8,10-13,22-23H,9,14-16,30H2,1-2H3,(H2,34,35,36,37,38). The van der Waals surface area contributed by atoms with Crippen molar-refractivity contribution in [2.45, 2.75) is 38.9 Å². The van der Waals surface area contributed by atoms with Crippen molar-refractivity contribution >= 4 is 29.5 Å². The van der Waals surface area contributed by atoms with Crippen LogP contribution in [0.5, 0.6) is 0 Å². The van der Waals surface area contributed by atoms with Crippen molar-refractivity contribution in [2.75, 3.05) is 23.3 Å². The van der Waals surface area contributed by atoms with E-state index in [-0.39, 0.29) is 0 Å². The number of fused-ring (bicyclic) bond motifs is 2. The summed E-state index contributed by atoms with van der Waals surface area (Å²) < 4.78 is 13.1. The van der Waals surface area contributed by atoms with Crippen molar-refractivity contribution in [2.24, 2.45) is 10.7 Å². The van der Waals surface area contributed by atoms with Gasteiger partial charge in [0.05, 0.1) is 6.21 Å². The number of rotatable bonds is 8. The van der Waals surface area contributed by atoms with E-state index in [0.717, 1.165) is 60.4 Å². The van der Waals surface area contributed by atoms with Gasteiger partial charge in [-0.3, -0.25) is 10.00 Å². The van der Waals surface area contributed by atoms with Gasteiger partial charge in [0.1, 0.15) is 11.6 Å². The Morgan fingerprint density at radius 1 is 1.10 bits per heavy atom. The molecule has 0 aliphatic carbocycles.